The first-order valence-corrected chi connectivity index (χ1v) is 14.0. The average molecular weight is 544 g/mol. The summed E-state index contributed by atoms with van der Waals surface area (Å²) >= 11 is 0. The first-order valence-electron chi connectivity index (χ1n) is 14.0. The first kappa shape index (κ1) is 27.7. The zero-order valence-electron chi connectivity index (χ0n) is 23.0. The Morgan fingerprint density at radius 1 is 1.00 bits per heavy atom. The zero-order chi connectivity index (χ0) is 27.7. The molecule has 0 saturated carbocycles. The molecule has 2 N–H and O–H groups in total. The Labute approximate surface area is 235 Å². The molecular weight excluding hydrogens is 506 g/mol. The van der Waals surface area contributed by atoms with E-state index in [1.807, 2.05) is 42.5 Å². The fourth-order valence-electron chi connectivity index (χ4n) is 5.10. The normalized spacial score (nSPS) is 15.2. The van der Waals surface area contributed by atoms with Crippen LogP contribution in [0.3, 0.4) is 0 Å². The van der Waals surface area contributed by atoms with Crippen LogP contribution in [0.15, 0.2) is 71.3 Å². The fourth-order valence-corrected chi connectivity index (χ4v) is 5.10. The van der Waals surface area contributed by atoms with Gasteiger partial charge in [0.2, 0.25) is 0 Å². The first-order chi connectivity index (χ1) is 19.6. The van der Waals surface area contributed by atoms with E-state index in [1.54, 1.807) is 13.2 Å². The molecule has 0 spiro atoms. The lowest BCUT2D eigenvalue weighted by molar-refractivity contribution is -0.142. The van der Waals surface area contributed by atoms with Crippen molar-refractivity contribution in [3.8, 4) is 22.6 Å². The summed E-state index contributed by atoms with van der Waals surface area (Å²) in [5, 5.41) is 0.925. The van der Waals surface area contributed by atoms with Crippen molar-refractivity contribution in [2.75, 3.05) is 26.4 Å². The highest BCUT2D eigenvalue weighted by molar-refractivity contribution is 5.91. The Bertz CT molecular complexity index is 1420. The second-order valence-electron chi connectivity index (χ2n) is 10.1. The maximum Gasteiger partial charge on any atom is 0.310 e. The summed E-state index contributed by atoms with van der Waals surface area (Å²) in [6, 6.07) is 19.9. The molecule has 0 amide bonds. The number of rotatable bonds is 12. The van der Waals surface area contributed by atoms with E-state index in [1.165, 1.54) is 6.42 Å². The van der Waals surface area contributed by atoms with E-state index in [9.17, 15) is 4.79 Å². The van der Waals surface area contributed by atoms with Crippen LogP contribution >= 0.6 is 0 Å². The molecule has 5 rings (SSSR count). The molecule has 7 heteroatoms. The lowest BCUT2D eigenvalue weighted by atomic mass is 9.99. The highest BCUT2D eigenvalue weighted by atomic mass is 16.5. The standard InChI is InChI=1S/C33H37NO6/c1-2-37-32(35)18-26-9-3-4-11-30(26)39-21-28-22-40-33-29(28)16-27(25-10-5-7-24(15-25)19-34)17-31(33)38-14-12-23-8-6-13-36-20-23/h3-5,7,9-11,15-17,22-23H,2,6,8,12-14,18-21,34H2,1H3. The lowest BCUT2D eigenvalue weighted by Crippen LogP contribution is -2.19. The molecule has 1 aromatic heterocycles. The lowest BCUT2D eigenvalue weighted by Gasteiger charge is -2.22. The third kappa shape index (κ3) is 6.84. The molecule has 7 nitrogen and oxygen atoms in total. The molecule has 0 bridgehead atoms. The molecule has 1 unspecified atom stereocenters. The molecule has 1 aliphatic rings. The van der Waals surface area contributed by atoms with Crippen molar-refractivity contribution in [1.82, 2.24) is 0 Å². The topological polar surface area (TPSA) is 93.2 Å². The molecule has 1 fully saturated rings. The van der Waals surface area contributed by atoms with Gasteiger partial charge in [0.05, 0.1) is 25.9 Å². The van der Waals surface area contributed by atoms with Gasteiger partial charge in [-0.3, -0.25) is 4.79 Å². The maximum atomic E-state index is 12.1. The van der Waals surface area contributed by atoms with Gasteiger partial charge in [-0.05, 0) is 73.1 Å². The second-order valence-corrected chi connectivity index (χ2v) is 10.1. The van der Waals surface area contributed by atoms with Gasteiger partial charge in [-0.1, -0.05) is 36.4 Å². The predicted molar refractivity (Wildman–Crippen MR) is 154 cm³/mol. The van der Waals surface area contributed by atoms with Crippen LogP contribution in [-0.4, -0.2) is 32.4 Å². The Hall–Kier alpha value is -3.81. The predicted octanol–water partition coefficient (Wildman–Crippen LogP) is 6.44. The Kier molecular flexibility index (Phi) is 9.37. The smallest absolute Gasteiger partial charge is 0.310 e. The number of carbonyl (C=O) groups is 1. The average Bonchev–Trinajstić information content (AvgIpc) is 3.40. The zero-order valence-corrected chi connectivity index (χ0v) is 23.0. The van der Waals surface area contributed by atoms with Crippen LogP contribution in [0.4, 0.5) is 0 Å². The molecule has 40 heavy (non-hydrogen) atoms. The summed E-state index contributed by atoms with van der Waals surface area (Å²) in [7, 11) is 0. The van der Waals surface area contributed by atoms with Gasteiger partial charge < -0.3 is 29.1 Å². The van der Waals surface area contributed by atoms with Gasteiger partial charge >= 0.3 is 5.97 Å². The number of ether oxygens (including phenoxy) is 4. The maximum absolute atomic E-state index is 12.1. The number of furan rings is 1. The highest BCUT2D eigenvalue weighted by Crippen LogP contribution is 2.37. The van der Waals surface area contributed by atoms with E-state index in [0.29, 0.717) is 42.8 Å². The minimum absolute atomic E-state index is 0.155. The summed E-state index contributed by atoms with van der Waals surface area (Å²) in [4.78, 5) is 12.1. The van der Waals surface area contributed by atoms with Crippen molar-refractivity contribution < 1.29 is 28.2 Å². The van der Waals surface area contributed by atoms with E-state index in [-0.39, 0.29) is 19.0 Å². The quantitative estimate of drug-likeness (QED) is 0.206. The molecule has 2 heterocycles. The molecule has 3 aromatic carbocycles. The molecule has 1 aliphatic heterocycles. The van der Waals surface area contributed by atoms with E-state index in [4.69, 9.17) is 29.1 Å². The van der Waals surface area contributed by atoms with Crippen LogP contribution in [0.5, 0.6) is 11.5 Å². The van der Waals surface area contributed by atoms with Gasteiger partial charge in [0, 0.05) is 36.3 Å². The van der Waals surface area contributed by atoms with Crippen LogP contribution in [0.1, 0.15) is 42.9 Å². The number of para-hydroxylation sites is 1. The van der Waals surface area contributed by atoms with Crippen molar-refractivity contribution in [2.45, 2.75) is 45.8 Å². The van der Waals surface area contributed by atoms with E-state index < -0.39 is 0 Å². The van der Waals surface area contributed by atoms with E-state index >= 15 is 0 Å². The Morgan fingerprint density at radius 2 is 1.90 bits per heavy atom. The van der Waals surface area contributed by atoms with Crippen LogP contribution in [0, 0.1) is 5.92 Å². The molecule has 1 saturated heterocycles. The highest BCUT2D eigenvalue weighted by Gasteiger charge is 2.18. The molecule has 210 valence electrons. The van der Waals surface area contributed by atoms with Crippen molar-refractivity contribution in [2.24, 2.45) is 11.7 Å². The monoisotopic (exact) mass is 543 g/mol. The summed E-state index contributed by atoms with van der Waals surface area (Å²) < 4.78 is 29.4. The third-order valence-electron chi connectivity index (χ3n) is 7.25. The minimum Gasteiger partial charge on any atom is -0.490 e. The molecule has 0 aliphatic carbocycles. The minimum atomic E-state index is -0.279. The summed E-state index contributed by atoms with van der Waals surface area (Å²) in [6.07, 6.45) is 5.08. The number of nitrogens with two attached hydrogens (primary N) is 1. The fraction of sp³-hybridized carbons (Fsp3) is 0.364. The van der Waals surface area contributed by atoms with Crippen LogP contribution < -0.4 is 15.2 Å². The van der Waals surface area contributed by atoms with Gasteiger partial charge in [-0.2, -0.15) is 0 Å². The number of fused-ring (bicyclic) bond motifs is 1. The number of esters is 1. The molecule has 0 radical (unpaired) electrons. The molecular formula is C33H37NO6. The van der Waals surface area contributed by atoms with Gasteiger partial charge in [0.1, 0.15) is 12.4 Å². The second kappa shape index (κ2) is 13.5. The van der Waals surface area contributed by atoms with Crippen molar-refractivity contribution in [1.29, 1.82) is 0 Å². The van der Waals surface area contributed by atoms with Crippen LogP contribution in [0.25, 0.3) is 22.1 Å². The van der Waals surface area contributed by atoms with Gasteiger partial charge in [-0.15, -0.1) is 0 Å². The largest absolute Gasteiger partial charge is 0.490 e. The van der Waals surface area contributed by atoms with Crippen molar-refractivity contribution >= 4 is 16.9 Å². The third-order valence-corrected chi connectivity index (χ3v) is 7.25. The van der Waals surface area contributed by atoms with E-state index in [0.717, 1.165) is 59.3 Å². The van der Waals surface area contributed by atoms with Crippen molar-refractivity contribution in [3.05, 3.63) is 83.6 Å². The van der Waals surface area contributed by atoms with E-state index in [2.05, 4.69) is 18.2 Å². The van der Waals surface area contributed by atoms with Gasteiger partial charge in [0.25, 0.3) is 0 Å². The van der Waals surface area contributed by atoms with Crippen LogP contribution in [-0.2, 0) is 33.8 Å². The number of benzene rings is 3. The van der Waals surface area contributed by atoms with Crippen LogP contribution in [0.2, 0.25) is 0 Å². The number of hydrogen-bond acceptors (Lipinski definition) is 7. The number of carbonyl (C=O) groups excluding carboxylic acids is 1. The summed E-state index contributed by atoms with van der Waals surface area (Å²) in [5.41, 5.74) is 11.4. The Morgan fingerprint density at radius 3 is 2.73 bits per heavy atom. The summed E-state index contributed by atoms with van der Waals surface area (Å²) in [5.74, 6) is 1.58. The summed E-state index contributed by atoms with van der Waals surface area (Å²) in [6.45, 7) is 5.13. The van der Waals surface area contributed by atoms with Gasteiger partial charge in [0.15, 0.2) is 11.3 Å². The Balaban J connectivity index is 1.41. The van der Waals surface area contributed by atoms with Crippen molar-refractivity contribution in [3.63, 3.8) is 0 Å². The molecule has 1 atom stereocenters. The SMILES string of the molecule is CCOC(=O)Cc1ccccc1OCc1coc2c(OCCC3CCCOC3)cc(-c3cccc(CN)c3)cc12. The number of hydrogen-bond donors (Lipinski definition) is 1. The van der Waals surface area contributed by atoms with Gasteiger partial charge in [-0.25, -0.2) is 0 Å². The molecule has 4 aromatic rings.